The van der Waals surface area contributed by atoms with Crippen LogP contribution in [0.4, 0.5) is 0 Å². The van der Waals surface area contributed by atoms with E-state index in [1.54, 1.807) is 0 Å². The number of esters is 1. The number of phosphoric acid groups is 3. The molecule has 0 aliphatic carbocycles. The molecule has 0 amide bonds. The van der Waals surface area contributed by atoms with Gasteiger partial charge in [-0.25, -0.2) is 18.5 Å². The second kappa shape index (κ2) is 9.26. The van der Waals surface area contributed by atoms with E-state index in [0.717, 1.165) is 13.3 Å². The van der Waals surface area contributed by atoms with Crippen LogP contribution in [-0.4, -0.2) is 67.5 Å². The Morgan fingerprint density at radius 1 is 1.12 bits per heavy atom. The first-order valence-corrected chi connectivity index (χ1v) is 13.1. The number of aromatic amines is 1. The van der Waals surface area contributed by atoms with E-state index in [1.807, 2.05) is 4.98 Å². The van der Waals surface area contributed by atoms with Crippen molar-refractivity contribution in [2.24, 2.45) is 0 Å². The van der Waals surface area contributed by atoms with Crippen LogP contribution in [0, 0.1) is 0 Å². The van der Waals surface area contributed by atoms with Gasteiger partial charge in [0, 0.05) is 11.8 Å². The third-order valence-corrected chi connectivity index (χ3v) is 9.59. The first-order valence-electron chi connectivity index (χ1n) is 8.62. The van der Waals surface area contributed by atoms with Crippen molar-refractivity contribution in [1.82, 2.24) is 9.55 Å². The number of hydrogen-bond donors (Lipinski definition) is 5. The fraction of sp³-hybridized carbons (Fsp3) is 0.583. The zero-order chi connectivity index (χ0) is 24.8. The lowest BCUT2D eigenvalue weighted by Gasteiger charge is -2.27. The van der Waals surface area contributed by atoms with Gasteiger partial charge in [-0.15, -0.1) is 0 Å². The number of nitrogens with zero attached hydrogens (tertiary/aromatic N) is 1. The molecule has 21 heteroatoms. The summed E-state index contributed by atoms with van der Waals surface area (Å²) >= 11 is 0. The SMILES string of the molecule is COC(=O)Cc1cn([C@@H]2O[C@H](COP3(=O)OP(=O)(O)OP(=O)(O)O3)C(O)[C@@H]2O)c(=O)[nH]c1=O. The van der Waals surface area contributed by atoms with Gasteiger partial charge in [0.1, 0.15) is 18.3 Å². The Labute approximate surface area is 182 Å². The molecule has 3 heterocycles. The van der Waals surface area contributed by atoms with Crippen LogP contribution in [0.1, 0.15) is 11.8 Å². The van der Waals surface area contributed by atoms with Crippen LogP contribution in [0.5, 0.6) is 0 Å². The summed E-state index contributed by atoms with van der Waals surface area (Å²) in [4.78, 5) is 55.8. The maximum absolute atomic E-state index is 12.3. The van der Waals surface area contributed by atoms with Crippen molar-refractivity contribution in [1.29, 1.82) is 0 Å². The van der Waals surface area contributed by atoms with E-state index in [-0.39, 0.29) is 5.56 Å². The third kappa shape index (κ3) is 5.95. The van der Waals surface area contributed by atoms with Gasteiger partial charge < -0.3 is 29.5 Å². The number of H-pyrrole nitrogens is 1. The van der Waals surface area contributed by atoms with Crippen LogP contribution >= 0.6 is 23.5 Å². The molecule has 33 heavy (non-hydrogen) atoms. The number of rotatable bonds is 6. The van der Waals surface area contributed by atoms with Gasteiger partial charge in [0.2, 0.25) is 0 Å². The molecule has 0 saturated carbocycles. The number of carbonyl (C=O) groups excluding carboxylic acids is 1. The maximum atomic E-state index is 12.3. The quantitative estimate of drug-likeness (QED) is 0.199. The average Bonchev–Trinajstić information content (AvgIpc) is 2.94. The van der Waals surface area contributed by atoms with Gasteiger partial charge in [-0.1, -0.05) is 0 Å². The molecule has 1 aromatic heterocycles. The van der Waals surface area contributed by atoms with Gasteiger partial charge in [0.15, 0.2) is 6.23 Å². The number of methoxy groups -OCH3 is 1. The normalized spacial score (nSPS) is 38.8. The fourth-order valence-electron chi connectivity index (χ4n) is 2.81. The van der Waals surface area contributed by atoms with Crippen molar-refractivity contribution in [3.63, 3.8) is 0 Å². The second-order valence-electron chi connectivity index (χ2n) is 6.55. The largest absolute Gasteiger partial charge is 0.492 e. The molecule has 18 nitrogen and oxygen atoms in total. The molecular formula is C12H17N2O16P3. The highest BCUT2D eigenvalue weighted by molar-refractivity contribution is 7.74. The summed E-state index contributed by atoms with van der Waals surface area (Å²) in [5.74, 6) is -0.812. The minimum atomic E-state index is -5.31. The maximum Gasteiger partial charge on any atom is 0.492 e. The number of carbonyl (C=O) groups is 1. The Hall–Kier alpha value is -1.52. The average molecular weight is 538 g/mol. The Bertz CT molecular complexity index is 1160. The molecule has 0 aromatic carbocycles. The van der Waals surface area contributed by atoms with Crippen molar-refractivity contribution in [3.05, 3.63) is 32.6 Å². The predicted molar refractivity (Wildman–Crippen MR) is 99.4 cm³/mol. The van der Waals surface area contributed by atoms with E-state index in [2.05, 4.69) is 22.2 Å². The van der Waals surface area contributed by atoms with E-state index < -0.39 is 78.3 Å². The Morgan fingerprint density at radius 3 is 2.30 bits per heavy atom. The van der Waals surface area contributed by atoms with Crippen molar-refractivity contribution in [3.8, 4) is 0 Å². The van der Waals surface area contributed by atoms with Gasteiger partial charge in [-0.3, -0.25) is 23.7 Å². The highest BCUT2D eigenvalue weighted by atomic mass is 31.3. The van der Waals surface area contributed by atoms with Crippen LogP contribution in [0.15, 0.2) is 15.8 Å². The molecule has 186 valence electrons. The van der Waals surface area contributed by atoms with Gasteiger partial charge in [-0.05, 0) is 0 Å². The van der Waals surface area contributed by atoms with Crippen LogP contribution < -0.4 is 11.2 Å². The van der Waals surface area contributed by atoms with Gasteiger partial charge in [0.25, 0.3) is 5.56 Å². The molecule has 5 N–H and O–H groups in total. The van der Waals surface area contributed by atoms with Gasteiger partial charge >= 0.3 is 35.1 Å². The third-order valence-electron chi connectivity index (χ3n) is 4.23. The van der Waals surface area contributed by atoms with Gasteiger partial charge in [0.05, 0.1) is 20.1 Å². The number of aliphatic hydroxyl groups is 2. The van der Waals surface area contributed by atoms with Crippen LogP contribution in [-0.2, 0) is 51.8 Å². The minimum Gasteiger partial charge on any atom is -0.469 e. The van der Waals surface area contributed by atoms with Crippen molar-refractivity contribution in [2.75, 3.05) is 13.7 Å². The van der Waals surface area contributed by atoms with E-state index in [4.69, 9.17) is 4.74 Å². The molecule has 3 unspecified atom stereocenters. The number of aliphatic hydroxyl groups excluding tert-OH is 2. The zero-order valence-corrected chi connectivity index (χ0v) is 19.0. The monoisotopic (exact) mass is 538 g/mol. The lowest BCUT2D eigenvalue weighted by Crippen LogP contribution is -2.39. The molecule has 0 spiro atoms. The highest BCUT2D eigenvalue weighted by Crippen LogP contribution is 2.80. The molecule has 1 aromatic rings. The molecular weight excluding hydrogens is 521 g/mol. The summed E-state index contributed by atoms with van der Waals surface area (Å²) < 4.78 is 62.0. The molecule has 2 fully saturated rings. The molecule has 2 saturated heterocycles. The molecule has 3 rings (SSSR count). The summed E-state index contributed by atoms with van der Waals surface area (Å²) in [5.41, 5.74) is -2.24. The molecule has 6 atom stereocenters. The number of ether oxygens (including phenoxy) is 2. The molecule has 0 bridgehead atoms. The van der Waals surface area contributed by atoms with E-state index in [0.29, 0.717) is 4.57 Å². The Balaban J connectivity index is 1.79. The number of nitrogens with one attached hydrogen (secondary N) is 1. The first kappa shape index (κ1) is 26.1. The van der Waals surface area contributed by atoms with E-state index in [1.165, 1.54) is 0 Å². The van der Waals surface area contributed by atoms with Crippen LogP contribution in [0.25, 0.3) is 0 Å². The van der Waals surface area contributed by atoms with E-state index in [9.17, 15) is 48.1 Å². The van der Waals surface area contributed by atoms with Crippen molar-refractivity contribution >= 4 is 29.4 Å². The molecule has 0 radical (unpaired) electrons. The zero-order valence-electron chi connectivity index (χ0n) is 16.3. The van der Waals surface area contributed by atoms with E-state index >= 15 is 0 Å². The Kier molecular flexibility index (Phi) is 7.32. The summed E-state index contributed by atoms with van der Waals surface area (Å²) in [6.07, 6.45) is -6.55. The van der Waals surface area contributed by atoms with Gasteiger partial charge in [-0.2, -0.15) is 12.9 Å². The van der Waals surface area contributed by atoms with Crippen molar-refractivity contribution < 1.29 is 65.4 Å². The summed E-state index contributed by atoms with van der Waals surface area (Å²) in [7, 11) is -14.7. The molecule has 2 aliphatic heterocycles. The summed E-state index contributed by atoms with van der Waals surface area (Å²) in [6.45, 7) is -1.00. The Morgan fingerprint density at radius 2 is 1.73 bits per heavy atom. The number of aromatic nitrogens is 2. The topological polar surface area (TPSA) is 259 Å². The minimum absolute atomic E-state index is 0.239. The van der Waals surface area contributed by atoms with Crippen LogP contribution in [0.2, 0.25) is 0 Å². The fourth-order valence-corrected chi connectivity index (χ4v) is 7.74. The predicted octanol–water partition coefficient (Wildman–Crippen LogP) is -1.74. The smallest absolute Gasteiger partial charge is 0.469 e. The second-order valence-corrected chi connectivity index (χ2v) is 11.5. The van der Waals surface area contributed by atoms with Crippen LogP contribution in [0.3, 0.4) is 0 Å². The summed E-state index contributed by atoms with van der Waals surface area (Å²) in [6, 6.07) is 0. The van der Waals surface area contributed by atoms with Crippen molar-refractivity contribution in [2.45, 2.75) is 31.0 Å². The molecule has 2 aliphatic rings. The highest BCUT2D eigenvalue weighted by Gasteiger charge is 2.55. The standard InChI is InChI=1S/C12H17N2O16P3/c1-25-7(15)2-5-3-14(12(19)13-10(5)18)11-9(17)8(16)6(27-11)4-26-33(24)29-31(20,21)28-32(22,23)30-33/h3,6,8-9,11,16-17H,2,4H2,1H3,(H,20,21)(H,22,23)(H,13,18,19)/t6-,8?,9+,11-/m1/s1. The first-order chi connectivity index (χ1) is 15.2. The number of hydrogen-bond acceptors (Lipinski definition) is 14. The summed E-state index contributed by atoms with van der Waals surface area (Å²) in [5, 5.41) is 20.5. The lowest BCUT2D eigenvalue weighted by atomic mass is 10.1. The lowest BCUT2D eigenvalue weighted by molar-refractivity contribution is -0.139.